The van der Waals surface area contributed by atoms with Crippen LogP contribution in [0.15, 0.2) is 23.3 Å². The van der Waals surface area contributed by atoms with Crippen LogP contribution in [-0.4, -0.2) is 47.8 Å². The number of carbonyl (C=O) groups excluding carboxylic acids is 1. The molecule has 0 amide bonds. The molecule has 24 heavy (non-hydrogen) atoms. The highest BCUT2D eigenvalue weighted by Crippen LogP contribution is 2.37. The van der Waals surface area contributed by atoms with Gasteiger partial charge in [-0.25, -0.2) is 0 Å². The number of hydrogen-bond donors (Lipinski definition) is 1. The maximum Gasteiger partial charge on any atom is 0.311 e. The zero-order valence-corrected chi connectivity index (χ0v) is 15.0. The predicted octanol–water partition coefficient (Wildman–Crippen LogP) is 3.07. The molecule has 0 aromatic rings. The molecule has 1 N–H and O–H groups in total. The van der Waals surface area contributed by atoms with Gasteiger partial charge in [0, 0.05) is 18.9 Å². The van der Waals surface area contributed by atoms with Gasteiger partial charge in [-0.3, -0.25) is 4.79 Å². The van der Waals surface area contributed by atoms with E-state index in [-0.39, 0.29) is 23.9 Å². The first kappa shape index (κ1) is 17.7. The summed E-state index contributed by atoms with van der Waals surface area (Å²) in [5.74, 6) is -0.456. The highest BCUT2D eigenvalue weighted by molar-refractivity contribution is 5.76. The van der Waals surface area contributed by atoms with E-state index in [1.807, 2.05) is 6.08 Å². The molecule has 134 valence electrons. The van der Waals surface area contributed by atoms with E-state index in [1.54, 1.807) is 0 Å². The fourth-order valence-corrected chi connectivity index (χ4v) is 4.42. The van der Waals surface area contributed by atoms with E-state index in [9.17, 15) is 9.90 Å². The molecular formula is C20H31NO3. The molecule has 0 radical (unpaired) electrons. The molecule has 2 fully saturated rings. The van der Waals surface area contributed by atoms with Gasteiger partial charge >= 0.3 is 5.97 Å². The highest BCUT2D eigenvalue weighted by Gasteiger charge is 2.48. The maximum atomic E-state index is 12.5. The lowest BCUT2D eigenvalue weighted by atomic mass is 9.81. The van der Waals surface area contributed by atoms with Crippen molar-refractivity contribution >= 4 is 5.97 Å². The van der Waals surface area contributed by atoms with Crippen molar-refractivity contribution < 1.29 is 14.6 Å². The van der Waals surface area contributed by atoms with Crippen LogP contribution in [0.3, 0.4) is 0 Å². The SMILES string of the molecule is CC1=CCC/C(C)=C/[C@@H](O)[C@H]2[C@H](C1)OC(=O)[C@H]2CN1CCCCC1. The Labute approximate surface area is 145 Å². The van der Waals surface area contributed by atoms with Crippen molar-refractivity contribution in [3.8, 4) is 0 Å². The van der Waals surface area contributed by atoms with Gasteiger partial charge in [-0.05, 0) is 52.6 Å². The Morgan fingerprint density at radius 3 is 2.71 bits per heavy atom. The minimum atomic E-state index is -0.595. The zero-order valence-electron chi connectivity index (χ0n) is 15.0. The molecule has 0 unspecified atom stereocenters. The summed E-state index contributed by atoms with van der Waals surface area (Å²) < 4.78 is 5.73. The summed E-state index contributed by atoms with van der Waals surface area (Å²) in [6.45, 7) is 7.03. The van der Waals surface area contributed by atoms with Crippen LogP contribution < -0.4 is 0 Å². The first-order valence-electron chi connectivity index (χ1n) is 9.48. The van der Waals surface area contributed by atoms with Crippen LogP contribution in [0.4, 0.5) is 0 Å². The molecule has 2 saturated heterocycles. The molecule has 2 heterocycles. The number of hydrogen-bond acceptors (Lipinski definition) is 4. The van der Waals surface area contributed by atoms with E-state index in [0.717, 1.165) is 38.9 Å². The lowest BCUT2D eigenvalue weighted by molar-refractivity contribution is -0.144. The summed E-state index contributed by atoms with van der Waals surface area (Å²) in [5.41, 5.74) is 2.46. The van der Waals surface area contributed by atoms with E-state index in [1.165, 1.54) is 30.4 Å². The van der Waals surface area contributed by atoms with E-state index >= 15 is 0 Å². The summed E-state index contributed by atoms with van der Waals surface area (Å²) in [5, 5.41) is 10.8. The highest BCUT2D eigenvalue weighted by atomic mass is 16.6. The van der Waals surface area contributed by atoms with Crippen molar-refractivity contribution in [1.29, 1.82) is 0 Å². The molecule has 0 saturated carbocycles. The number of esters is 1. The van der Waals surface area contributed by atoms with Gasteiger partial charge < -0.3 is 14.7 Å². The number of likely N-dealkylation sites (tertiary alicyclic amines) is 1. The summed E-state index contributed by atoms with van der Waals surface area (Å²) in [6, 6.07) is 0. The lowest BCUT2D eigenvalue weighted by Gasteiger charge is -2.31. The second kappa shape index (κ2) is 7.83. The van der Waals surface area contributed by atoms with E-state index < -0.39 is 6.10 Å². The average molecular weight is 333 g/mol. The van der Waals surface area contributed by atoms with Crippen LogP contribution in [0.5, 0.6) is 0 Å². The van der Waals surface area contributed by atoms with Crippen LogP contribution in [-0.2, 0) is 9.53 Å². The van der Waals surface area contributed by atoms with Gasteiger partial charge in [0.15, 0.2) is 0 Å². The second-order valence-corrected chi connectivity index (χ2v) is 7.82. The fourth-order valence-electron chi connectivity index (χ4n) is 4.42. The van der Waals surface area contributed by atoms with Crippen molar-refractivity contribution in [2.45, 2.75) is 64.6 Å². The number of rotatable bonds is 2. The van der Waals surface area contributed by atoms with Gasteiger partial charge in [-0.15, -0.1) is 0 Å². The van der Waals surface area contributed by atoms with E-state index in [0.29, 0.717) is 0 Å². The van der Waals surface area contributed by atoms with Gasteiger partial charge in [-0.1, -0.05) is 29.7 Å². The Morgan fingerprint density at radius 1 is 1.21 bits per heavy atom. The zero-order chi connectivity index (χ0) is 17.1. The fraction of sp³-hybridized carbons (Fsp3) is 0.750. The summed E-state index contributed by atoms with van der Waals surface area (Å²) in [4.78, 5) is 14.9. The standard InChI is InChI=1S/C20H31NO3/c1-14-7-6-8-15(2)12-18-19(17(22)11-14)16(20(23)24-18)13-21-9-4-3-5-10-21/h8,11,16-19,22H,3-7,9-10,12-13H2,1-2H3/b14-11+,15-8?/t16-,17+,18-,19-/m0/s1. The normalized spacial score (nSPS) is 37.9. The van der Waals surface area contributed by atoms with Gasteiger partial charge in [0.05, 0.1) is 12.0 Å². The molecule has 0 aromatic carbocycles. The molecular weight excluding hydrogens is 302 g/mol. The minimum Gasteiger partial charge on any atom is -0.461 e. The third-order valence-electron chi connectivity index (χ3n) is 5.77. The van der Waals surface area contributed by atoms with E-state index in [2.05, 4.69) is 24.8 Å². The van der Waals surface area contributed by atoms with E-state index in [4.69, 9.17) is 4.74 Å². The molecule has 4 atom stereocenters. The number of aliphatic hydroxyl groups is 1. The molecule has 3 rings (SSSR count). The molecule has 3 aliphatic rings. The Hall–Kier alpha value is -1.13. The molecule has 4 heteroatoms. The van der Waals surface area contributed by atoms with Crippen molar-refractivity contribution in [2.24, 2.45) is 11.8 Å². The molecule has 2 aliphatic heterocycles. The molecule has 0 aromatic heterocycles. The third-order valence-corrected chi connectivity index (χ3v) is 5.77. The largest absolute Gasteiger partial charge is 0.461 e. The first-order chi connectivity index (χ1) is 11.5. The van der Waals surface area contributed by atoms with Gasteiger partial charge in [0.1, 0.15) is 6.10 Å². The van der Waals surface area contributed by atoms with Gasteiger partial charge in [-0.2, -0.15) is 0 Å². The molecule has 1 aliphatic carbocycles. The van der Waals surface area contributed by atoms with Crippen LogP contribution >= 0.6 is 0 Å². The van der Waals surface area contributed by atoms with Crippen LogP contribution in [0.2, 0.25) is 0 Å². The quantitative estimate of drug-likeness (QED) is 0.623. The number of aliphatic hydroxyl groups excluding tert-OH is 1. The van der Waals surface area contributed by atoms with Crippen molar-refractivity contribution in [3.63, 3.8) is 0 Å². The van der Waals surface area contributed by atoms with Crippen LogP contribution in [0.25, 0.3) is 0 Å². The smallest absolute Gasteiger partial charge is 0.311 e. The number of fused-ring (bicyclic) bond motifs is 1. The maximum absolute atomic E-state index is 12.5. The average Bonchev–Trinajstić information content (AvgIpc) is 2.83. The number of allylic oxidation sites excluding steroid dienone is 2. The van der Waals surface area contributed by atoms with Crippen molar-refractivity contribution in [1.82, 2.24) is 4.90 Å². The Balaban J connectivity index is 1.81. The van der Waals surface area contributed by atoms with Crippen molar-refractivity contribution in [3.05, 3.63) is 23.3 Å². The first-order valence-corrected chi connectivity index (χ1v) is 9.48. The summed E-state index contributed by atoms with van der Waals surface area (Å²) in [6.07, 6.45) is 9.82. The second-order valence-electron chi connectivity index (χ2n) is 7.82. The van der Waals surface area contributed by atoms with Crippen LogP contribution in [0.1, 0.15) is 52.4 Å². The van der Waals surface area contributed by atoms with Gasteiger partial charge in [0.2, 0.25) is 0 Å². The van der Waals surface area contributed by atoms with Crippen molar-refractivity contribution in [2.75, 3.05) is 19.6 Å². The Morgan fingerprint density at radius 2 is 1.96 bits per heavy atom. The summed E-state index contributed by atoms with van der Waals surface area (Å²) >= 11 is 0. The Bertz CT molecular complexity index is 519. The number of piperidine rings is 1. The number of nitrogens with zero attached hydrogens (tertiary/aromatic N) is 1. The minimum absolute atomic E-state index is 0.118. The Kier molecular flexibility index (Phi) is 5.77. The van der Waals surface area contributed by atoms with Crippen LogP contribution in [0, 0.1) is 11.8 Å². The lowest BCUT2D eigenvalue weighted by Crippen LogP contribution is -2.41. The topological polar surface area (TPSA) is 49.8 Å². The molecule has 4 nitrogen and oxygen atoms in total. The van der Waals surface area contributed by atoms with Gasteiger partial charge in [0.25, 0.3) is 0 Å². The summed E-state index contributed by atoms with van der Waals surface area (Å²) in [7, 11) is 0. The molecule has 0 spiro atoms. The number of ether oxygens (including phenoxy) is 1. The third kappa shape index (κ3) is 4.09. The predicted molar refractivity (Wildman–Crippen MR) is 94.5 cm³/mol. The monoisotopic (exact) mass is 333 g/mol. The molecule has 0 bridgehead atoms. The number of carbonyl (C=O) groups is 1.